The van der Waals surface area contributed by atoms with E-state index >= 15 is 0 Å². The van der Waals surface area contributed by atoms with Crippen molar-refractivity contribution in [2.24, 2.45) is 11.5 Å². The molecule has 1 aliphatic carbocycles. The minimum absolute atomic E-state index is 0.141. The highest BCUT2D eigenvalue weighted by atomic mass is 16.5. The normalized spacial score (nSPS) is 24.3. The van der Waals surface area contributed by atoms with Gasteiger partial charge in [0.25, 0.3) is 0 Å². The molecule has 4 N–H and O–H groups in total. The fraction of sp³-hybridized carbons (Fsp3) is 0.455. The van der Waals surface area contributed by atoms with Crippen molar-refractivity contribution in [1.82, 2.24) is 4.98 Å². The van der Waals surface area contributed by atoms with Gasteiger partial charge in [-0.1, -0.05) is 0 Å². The van der Waals surface area contributed by atoms with Gasteiger partial charge < -0.3 is 16.2 Å². The molecule has 0 aromatic carbocycles. The van der Waals surface area contributed by atoms with Crippen LogP contribution in [-0.4, -0.2) is 23.0 Å². The van der Waals surface area contributed by atoms with Gasteiger partial charge in [-0.05, 0) is 25.3 Å². The molecule has 1 aromatic heterocycles. The molecule has 1 saturated carbocycles. The summed E-state index contributed by atoms with van der Waals surface area (Å²) >= 11 is 0. The van der Waals surface area contributed by atoms with Gasteiger partial charge in [-0.2, -0.15) is 0 Å². The molecule has 0 aliphatic heterocycles. The molecule has 16 heavy (non-hydrogen) atoms. The summed E-state index contributed by atoms with van der Waals surface area (Å²) in [4.78, 5) is 14.8. The molecule has 0 spiro atoms. The van der Waals surface area contributed by atoms with Crippen LogP contribution in [0.1, 0.15) is 29.6 Å². The number of nitrogens with two attached hydrogens (primary N) is 2. The Labute approximate surface area is 93.8 Å². The van der Waals surface area contributed by atoms with Gasteiger partial charge in [0, 0.05) is 18.3 Å². The molecule has 86 valence electrons. The first kappa shape index (κ1) is 10.9. The smallest absolute Gasteiger partial charge is 0.250 e. The molecule has 5 nitrogen and oxygen atoms in total. The van der Waals surface area contributed by atoms with E-state index in [-0.39, 0.29) is 12.1 Å². The van der Waals surface area contributed by atoms with E-state index < -0.39 is 5.91 Å². The lowest BCUT2D eigenvalue weighted by atomic mass is 10.2. The van der Waals surface area contributed by atoms with Crippen molar-refractivity contribution in [3.8, 4) is 5.88 Å². The summed E-state index contributed by atoms with van der Waals surface area (Å²) in [5.41, 5.74) is 11.3. The Morgan fingerprint density at radius 1 is 1.44 bits per heavy atom. The van der Waals surface area contributed by atoms with E-state index in [0.717, 1.165) is 19.3 Å². The monoisotopic (exact) mass is 221 g/mol. The van der Waals surface area contributed by atoms with Crippen LogP contribution in [-0.2, 0) is 0 Å². The van der Waals surface area contributed by atoms with E-state index in [1.165, 1.54) is 6.20 Å². The van der Waals surface area contributed by atoms with Crippen molar-refractivity contribution in [3.63, 3.8) is 0 Å². The maximum atomic E-state index is 10.8. The number of amides is 1. The van der Waals surface area contributed by atoms with E-state index in [0.29, 0.717) is 11.4 Å². The van der Waals surface area contributed by atoms with Gasteiger partial charge in [0.05, 0.1) is 5.56 Å². The summed E-state index contributed by atoms with van der Waals surface area (Å²) < 4.78 is 5.64. The molecule has 1 amide bonds. The summed E-state index contributed by atoms with van der Waals surface area (Å²) in [5, 5.41) is 0. The lowest BCUT2D eigenvalue weighted by Crippen LogP contribution is -2.19. The Morgan fingerprint density at radius 2 is 2.25 bits per heavy atom. The molecule has 2 atom stereocenters. The molecular formula is C11H15N3O2. The second-order valence-electron chi connectivity index (χ2n) is 4.06. The highest BCUT2D eigenvalue weighted by Crippen LogP contribution is 2.22. The van der Waals surface area contributed by atoms with Crippen molar-refractivity contribution in [3.05, 3.63) is 23.9 Å². The SMILES string of the molecule is NC(=O)c1ccc(OC2CCC(N)C2)nc1. The maximum Gasteiger partial charge on any atom is 0.250 e. The fourth-order valence-corrected chi connectivity index (χ4v) is 1.85. The summed E-state index contributed by atoms with van der Waals surface area (Å²) in [6.07, 6.45) is 4.37. The molecule has 1 aliphatic rings. The molecule has 1 heterocycles. The zero-order valence-electron chi connectivity index (χ0n) is 8.93. The van der Waals surface area contributed by atoms with Crippen LogP contribution < -0.4 is 16.2 Å². The Bertz CT molecular complexity index is 377. The minimum Gasteiger partial charge on any atom is -0.474 e. The zero-order valence-corrected chi connectivity index (χ0v) is 8.93. The molecule has 0 radical (unpaired) electrons. The predicted molar refractivity (Wildman–Crippen MR) is 59.0 cm³/mol. The van der Waals surface area contributed by atoms with Crippen molar-refractivity contribution >= 4 is 5.91 Å². The second kappa shape index (κ2) is 4.49. The van der Waals surface area contributed by atoms with Gasteiger partial charge in [-0.3, -0.25) is 4.79 Å². The van der Waals surface area contributed by atoms with Gasteiger partial charge in [0.15, 0.2) is 0 Å². The van der Waals surface area contributed by atoms with E-state index in [9.17, 15) is 4.79 Å². The Kier molecular flexibility index (Phi) is 3.05. The molecule has 1 aromatic rings. The highest BCUT2D eigenvalue weighted by Gasteiger charge is 2.23. The third-order valence-electron chi connectivity index (χ3n) is 2.73. The number of ether oxygens (including phenoxy) is 1. The number of nitrogens with zero attached hydrogens (tertiary/aromatic N) is 1. The molecule has 2 rings (SSSR count). The summed E-state index contributed by atoms with van der Waals surface area (Å²) in [5.74, 6) is 0.0334. The molecular weight excluding hydrogens is 206 g/mol. The van der Waals surface area contributed by atoms with Gasteiger partial charge in [0.2, 0.25) is 11.8 Å². The summed E-state index contributed by atoms with van der Waals surface area (Å²) in [7, 11) is 0. The third kappa shape index (κ3) is 2.49. The van der Waals surface area contributed by atoms with Crippen LogP contribution in [0.15, 0.2) is 18.3 Å². The van der Waals surface area contributed by atoms with E-state index in [1.54, 1.807) is 12.1 Å². The van der Waals surface area contributed by atoms with Gasteiger partial charge >= 0.3 is 0 Å². The third-order valence-corrected chi connectivity index (χ3v) is 2.73. The summed E-state index contributed by atoms with van der Waals surface area (Å²) in [6, 6.07) is 3.50. The average Bonchev–Trinajstić information content (AvgIpc) is 2.65. The first-order valence-corrected chi connectivity index (χ1v) is 5.33. The van der Waals surface area contributed by atoms with E-state index in [2.05, 4.69) is 4.98 Å². The largest absolute Gasteiger partial charge is 0.474 e. The quantitative estimate of drug-likeness (QED) is 0.774. The second-order valence-corrected chi connectivity index (χ2v) is 4.06. The zero-order chi connectivity index (χ0) is 11.5. The number of pyridine rings is 1. The Hall–Kier alpha value is -1.62. The van der Waals surface area contributed by atoms with Crippen LogP contribution in [0.25, 0.3) is 0 Å². The van der Waals surface area contributed by atoms with Crippen LogP contribution in [0, 0.1) is 0 Å². The molecule has 2 unspecified atom stereocenters. The number of carbonyl (C=O) groups is 1. The van der Waals surface area contributed by atoms with Crippen molar-refractivity contribution in [1.29, 1.82) is 0 Å². The average molecular weight is 221 g/mol. The maximum absolute atomic E-state index is 10.8. The number of primary amides is 1. The Balaban J connectivity index is 1.97. The number of hydrogen-bond donors (Lipinski definition) is 2. The van der Waals surface area contributed by atoms with Crippen LogP contribution in [0.2, 0.25) is 0 Å². The minimum atomic E-state index is -0.484. The van der Waals surface area contributed by atoms with Gasteiger partial charge in [-0.15, -0.1) is 0 Å². The summed E-state index contributed by atoms with van der Waals surface area (Å²) in [6.45, 7) is 0. The van der Waals surface area contributed by atoms with Crippen LogP contribution in [0.3, 0.4) is 0 Å². The van der Waals surface area contributed by atoms with Gasteiger partial charge in [-0.25, -0.2) is 4.98 Å². The first-order valence-electron chi connectivity index (χ1n) is 5.33. The standard InChI is InChI=1S/C11H15N3O2/c12-8-2-3-9(5-8)16-10-4-1-7(6-14-10)11(13)15/h1,4,6,8-9H,2-3,5,12H2,(H2,13,15). The highest BCUT2D eigenvalue weighted by molar-refractivity contribution is 5.92. The molecule has 0 bridgehead atoms. The van der Waals surface area contributed by atoms with Crippen molar-refractivity contribution in [2.45, 2.75) is 31.4 Å². The van der Waals surface area contributed by atoms with Crippen LogP contribution in [0.4, 0.5) is 0 Å². The van der Waals surface area contributed by atoms with E-state index in [1.807, 2.05) is 0 Å². The number of carbonyl (C=O) groups excluding carboxylic acids is 1. The lowest BCUT2D eigenvalue weighted by Gasteiger charge is -2.12. The lowest BCUT2D eigenvalue weighted by molar-refractivity contribution is 0.1000. The topological polar surface area (TPSA) is 91.2 Å². The molecule has 5 heteroatoms. The first-order chi connectivity index (χ1) is 7.65. The number of rotatable bonds is 3. The van der Waals surface area contributed by atoms with E-state index in [4.69, 9.17) is 16.2 Å². The van der Waals surface area contributed by atoms with Gasteiger partial charge in [0.1, 0.15) is 6.10 Å². The molecule has 0 saturated heterocycles. The number of aromatic nitrogens is 1. The molecule has 1 fully saturated rings. The predicted octanol–water partition coefficient (Wildman–Crippen LogP) is 0.439. The Morgan fingerprint density at radius 3 is 2.75 bits per heavy atom. The number of hydrogen-bond acceptors (Lipinski definition) is 4. The van der Waals surface area contributed by atoms with Crippen molar-refractivity contribution < 1.29 is 9.53 Å². The van der Waals surface area contributed by atoms with Crippen LogP contribution >= 0.6 is 0 Å². The van der Waals surface area contributed by atoms with Crippen LogP contribution in [0.5, 0.6) is 5.88 Å². The fourth-order valence-electron chi connectivity index (χ4n) is 1.85. The van der Waals surface area contributed by atoms with Crippen molar-refractivity contribution in [2.75, 3.05) is 0 Å².